The van der Waals surface area contributed by atoms with Gasteiger partial charge < -0.3 is 15.4 Å². The summed E-state index contributed by atoms with van der Waals surface area (Å²) in [5, 5.41) is 7.36. The Labute approximate surface area is 155 Å². The van der Waals surface area contributed by atoms with E-state index in [0.717, 1.165) is 15.3 Å². The maximum Gasteiger partial charge on any atom is 0.190 e. The summed E-state index contributed by atoms with van der Waals surface area (Å²) in [6.45, 7) is 2.88. The highest BCUT2D eigenvalue weighted by atomic mass is 32.1. The van der Waals surface area contributed by atoms with Crippen molar-refractivity contribution in [2.45, 2.75) is 13.3 Å². The number of aromatic nitrogens is 1. The third-order valence-electron chi connectivity index (χ3n) is 3.55. The van der Waals surface area contributed by atoms with Gasteiger partial charge in [-0.3, -0.25) is 0 Å². The summed E-state index contributed by atoms with van der Waals surface area (Å²) in [6, 6.07) is 12.8. The minimum absolute atomic E-state index is 0.266. The fourth-order valence-corrected chi connectivity index (χ4v) is 3.57. The van der Waals surface area contributed by atoms with E-state index in [1.165, 1.54) is 17.4 Å². The Morgan fingerprint density at radius 2 is 2.08 bits per heavy atom. The fourth-order valence-electron chi connectivity index (χ4n) is 2.44. The number of benzene rings is 2. The Kier molecular flexibility index (Phi) is 5.78. The van der Waals surface area contributed by atoms with Crippen LogP contribution in [-0.2, 0) is 6.42 Å². The Hall–Kier alpha value is -2.25. The molecule has 3 rings (SSSR count). The molecule has 4 nitrogen and oxygen atoms in total. The Balaban J connectivity index is 1.56. The summed E-state index contributed by atoms with van der Waals surface area (Å²) in [5.74, 6) is 0.312. The average molecular weight is 375 g/mol. The number of thiocarbonyl (C=S) groups is 1. The first-order valence-corrected chi connectivity index (χ1v) is 9.20. The van der Waals surface area contributed by atoms with Crippen LogP contribution in [0.5, 0.6) is 5.75 Å². The molecule has 0 aliphatic carbocycles. The number of thiazole rings is 1. The normalized spacial score (nSPS) is 10.6. The third kappa shape index (κ3) is 4.43. The number of ether oxygens (including phenoxy) is 1. The molecule has 130 valence electrons. The molecule has 25 heavy (non-hydrogen) atoms. The summed E-state index contributed by atoms with van der Waals surface area (Å²) in [5.41, 5.74) is 1.49. The number of hydrogen-bond donors (Lipinski definition) is 2. The van der Waals surface area contributed by atoms with Crippen molar-refractivity contribution in [3.8, 4) is 5.75 Å². The molecule has 0 aliphatic heterocycles. The van der Waals surface area contributed by atoms with Gasteiger partial charge in [0.1, 0.15) is 11.6 Å². The van der Waals surface area contributed by atoms with Crippen LogP contribution in [0.1, 0.15) is 12.5 Å². The van der Waals surface area contributed by atoms with Crippen molar-refractivity contribution in [3.05, 3.63) is 53.8 Å². The van der Waals surface area contributed by atoms with Gasteiger partial charge in [-0.05, 0) is 49.8 Å². The molecule has 1 heterocycles. The molecule has 0 bridgehead atoms. The summed E-state index contributed by atoms with van der Waals surface area (Å²) in [4.78, 5) is 4.47. The molecular formula is C18H18FN3OS2. The number of rotatable bonds is 6. The highest BCUT2D eigenvalue weighted by molar-refractivity contribution is 7.80. The monoisotopic (exact) mass is 375 g/mol. The zero-order valence-electron chi connectivity index (χ0n) is 13.7. The molecule has 7 heteroatoms. The van der Waals surface area contributed by atoms with E-state index in [-0.39, 0.29) is 5.82 Å². The van der Waals surface area contributed by atoms with Gasteiger partial charge in [0.15, 0.2) is 10.2 Å². The molecule has 1 aromatic heterocycles. The minimum atomic E-state index is -0.266. The van der Waals surface area contributed by atoms with Crippen LogP contribution in [0.2, 0.25) is 0 Å². The first-order chi connectivity index (χ1) is 12.2. The van der Waals surface area contributed by atoms with Gasteiger partial charge in [0.25, 0.3) is 0 Å². The van der Waals surface area contributed by atoms with E-state index in [9.17, 15) is 4.39 Å². The van der Waals surface area contributed by atoms with Gasteiger partial charge >= 0.3 is 0 Å². The lowest BCUT2D eigenvalue weighted by molar-refractivity contribution is 0.333. The zero-order chi connectivity index (χ0) is 17.6. The predicted octanol–water partition coefficient (Wildman–Crippen LogP) is 4.36. The van der Waals surface area contributed by atoms with Crippen molar-refractivity contribution in [2.75, 3.05) is 18.5 Å². The largest absolute Gasteiger partial charge is 0.493 e. The number of nitrogens with zero attached hydrogens (tertiary/aromatic N) is 1. The van der Waals surface area contributed by atoms with E-state index in [1.54, 1.807) is 12.1 Å². The first-order valence-electron chi connectivity index (χ1n) is 7.98. The number of fused-ring (bicyclic) bond motifs is 1. The van der Waals surface area contributed by atoms with Crippen LogP contribution in [0.25, 0.3) is 10.2 Å². The van der Waals surface area contributed by atoms with Crippen LogP contribution in [0, 0.1) is 5.82 Å². The summed E-state index contributed by atoms with van der Waals surface area (Å²) < 4.78 is 20.6. The number of anilines is 1. The highest BCUT2D eigenvalue weighted by Crippen LogP contribution is 2.25. The molecule has 0 aliphatic rings. The number of hydrogen-bond acceptors (Lipinski definition) is 4. The highest BCUT2D eigenvalue weighted by Gasteiger charge is 2.10. The van der Waals surface area contributed by atoms with Crippen LogP contribution in [-0.4, -0.2) is 23.2 Å². The zero-order valence-corrected chi connectivity index (χ0v) is 15.3. The molecule has 0 radical (unpaired) electrons. The molecular weight excluding hydrogens is 357 g/mol. The van der Waals surface area contributed by atoms with Crippen molar-refractivity contribution < 1.29 is 9.13 Å². The molecule has 0 unspecified atom stereocenters. The van der Waals surface area contributed by atoms with Crippen LogP contribution in [0.4, 0.5) is 9.52 Å². The van der Waals surface area contributed by atoms with Gasteiger partial charge in [0.05, 0.1) is 16.8 Å². The summed E-state index contributed by atoms with van der Waals surface area (Å²) >= 11 is 6.83. The molecule has 2 N–H and O–H groups in total. The van der Waals surface area contributed by atoms with Crippen molar-refractivity contribution in [1.29, 1.82) is 0 Å². The van der Waals surface area contributed by atoms with E-state index >= 15 is 0 Å². The SMILES string of the molecule is CCOc1cccc(F)c1CCNC(=S)Nc1nc2ccccc2s1. The average Bonchev–Trinajstić information content (AvgIpc) is 2.99. The van der Waals surface area contributed by atoms with Crippen molar-refractivity contribution >= 4 is 44.0 Å². The number of para-hydroxylation sites is 1. The van der Waals surface area contributed by atoms with E-state index < -0.39 is 0 Å². The maximum atomic E-state index is 14.0. The van der Waals surface area contributed by atoms with Crippen molar-refractivity contribution in [3.63, 3.8) is 0 Å². The Bertz CT molecular complexity index is 849. The predicted molar refractivity (Wildman–Crippen MR) is 105 cm³/mol. The summed E-state index contributed by atoms with van der Waals surface area (Å²) in [7, 11) is 0. The topological polar surface area (TPSA) is 46.2 Å². The van der Waals surface area contributed by atoms with E-state index in [1.807, 2.05) is 31.2 Å². The molecule has 0 spiro atoms. The fraction of sp³-hybridized carbons (Fsp3) is 0.222. The lowest BCUT2D eigenvalue weighted by atomic mass is 10.1. The molecule has 0 saturated heterocycles. The maximum absolute atomic E-state index is 14.0. The second-order valence-electron chi connectivity index (χ2n) is 5.27. The van der Waals surface area contributed by atoms with Crippen LogP contribution in [0.15, 0.2) is 42.5 Å². The Morgan fingerprint density at radius 1 is 1.24 bits per heavy atom. The third-order valence-corrected chi connectivity index (χ3v) is 4.75. The van der Waals surface area contributed by atoms with Gasteiger partial charge in [0, 0.05) is 12.1 Å². The van der Waals surface area contributed by atoms with E-state index in [4.69, 9.17) is 17.0 Å². The van der Waals surface area contributed by atoms with Crippen LogP contribution in [0.3, 0.4) is 0 Å². The molecule has 0 atom stereocenters. The molecule has 3 aromatic rings. The van der Waals surface area contributed by atoms with Gasteiger partial charge in [-0.25, -0.2) is 9.37 Å². The van der Waals surface area contributed by atoms with Crippen LogP contribution >= 0.6 is 23.6 Å². The smallest absolute Gasteiger partial charge is 0.190 e. The first kappa shape index (κ1) is 17.6. The van der Waals surface area contributed by atoms with Crippen LogP contribution < -0.4 is 15.4 Å². The van der Waals surface area contributed by atoms with E-state index in [0.29, 0.717) is 36.0 Å². The molecule has 0 amide bonds. The minimum Gasteiger partial charge on any atom is -0.493 e. The van der Waals surface area contributed by atoms with Gasteiger partial charge in [-0.15, -0.1) is 0 Å². The van der Waals surface area contributed by atoms with Gasteiger partial charge in [-0.1, -0.05) is 29.5 Å². The lowest BCUT2D eigenvalue weighted by Gasteiger charge is -2.12. The lowest BCUT2D eigenvalue weighted by Crippen LogP contribution is -2.30. The number of nitrogens with one attached hydrogen (secondary N) is 2. The second-order valence-corrected chi connectivity index (χ2v) is 6.71. The Morgan fingerprint density at radius 3 is 2.88 bits per heavy atom. The van der Waals surface area contributed by atoms with Gasteiger partial charge in [0.2, 0.25) is 0 Å². The van der Waals surface area contributed by atoms with Gasteiger partial charge in [-0.2, -0.15) is 0 Å². The van der Waals surface area contributed by atoms with Crippen molar-refractivity contribution in [2.24, 2.45) is 0 Å². The molecule has 2 aromatic carbocycles. The standard InChI is InChI=1S/C18H18FN3OS2/c1-2-23-15-8-5-6-13(19)12(15)10-11-20-17(24)22-18-21-14-7-3-4-9-16(14)25-18/h3-9H,2,10-11H2,1H3,(H2,20,21,22,24). The second kappa shape index (κ2) is 8.22. The quantitative estimate of drug-likeness (QED) is 0.627. The van der Waals surface area contributed by atoms with Crippen molar-refractivity contribution in [1.82, 2.24) is 10.3 Å². The van der Waals surface area contributed by atoms with E-state index in [2.05, 4.69) is 15.6 Å². The molecule has 0 saturated carbocycles. The summed E-state index contributed by atoms with van der Waals surface area (Å²) in [6.07, 6.45) is 0.476. The number of halogens is 1. The molecule has 0 fully saturated rings.